The Bertz CT molecular complexity index is 527. The molecule has 0 unspecified atom stereocenters. The van der Waals surface area contributed by atoms with E-state index in [0.717, 1.165) is 19.2 Å². The number of guanidine groups is 1. The Morgan fingerprint density at radius 1 is 1.10 bits per heavy atom. The Morgan fingerprint density at radius 2 is 1.80 bits per heavy atom. The molecular formula is C16H22N4. The van der Waals surface area contributed by atoms with E-state index in [4.69, 9.17) is 0 Å². The van der Waals surface area contributed by atoms with Crippen LogP contribution in [0.5, 0.6) is 0 Å². The second kappa shape index (κ2) is 4.85. The molecular weight excluding hydrogens is 248 g/mol. The smallest absolute Gasteiger partial charge is 0.199 e. The predicted octanol–water partition coefficient (Wildman–Crippen LogP) is 2.61. The number of hydrogen-bond donors (Lipinski definition) is 1. The maximum Gasteiger partial charge on any atom is 0.199 e. The molecule has 4 nitrogen and oxygen atoms in total. The summed E-state index contributed by atoms with van der Waals surface area (Å²) < 4.78 is 0. The SMILES string of the molecule is CC(C)(C)[C@H]1CN=C(N2C=CN(c3ccccc3)C2)N1. The van der Waals surface area contributed by atoms with Crippen LogP contribution in [0.15, 0.2) is 47.7 Å². The van der Waals surface area contributed by atoms with Gasteiger partial charge in [0.05, 0.1) is 12.6 Å². The van der Waals surface area contributed by atoms with Crippen molar-refractivity contribution in [3.8, 4) is 0 Å². The second-order valence-electron chi connectivity index (χ2n) is 6.44. The molecule has 1 aromatic carbocycles. The van der Waals surface area contributed by atoms with Crippen molar-refractivity contribution < 1.29 is 0 Å². The number of benzene rings is 1. The molecule has 0 amide bonds. The average Bonchev–Trinajstić information content (AvgIpc) is 3.08. The van der Waals surface area contributed by atoms with Gasteiger partial charge in [0.1, 0.15) is 6.67 Å². The predicted molar refractivity (Wildman–Crippen MR) is 83.4 cm³/mol. The molecule has 1 atom stereocenters. The minimum absolute atomic E-state index is 0.230. The van der Waals surface area contributed by atoms with Crippen molar-refractivity contribution in [3.05, 3.63) is 42.7 Å². The van der Waals surface area contributed by atoms with E-state index in [9.17, 15) is 0 Å². The van der Waals surface area contributed by atoms with Gasteiger partial charge in [-0.25, -0.2) is 0 Å². The number of nitrogens with one attached hydrogen (secondary N) is 1. The van der Waals surface area contributed by atoms with Crippen LogP contribution in [0.1, 0.15) is 20.8 Å². The zero-order chi connectivity index (χ0) is 14.2. The van der Waals surface area contributed by atoms with Gasteiger partial charge in [0.15, 0.2) is 5.96 Å². The van der Waals surface area contributed by atoms with Crippen LogP contribution in [0.2, 0.25) is 0 Å². The van der Waals surface area contributed by atoms with Crippen molar-refractivity contribution in [2.24, 2.45) is 10.4 Å². The summed E-state index contributed by atoms with van der Waals surface area (Å²) in [6.45, 7) is 8.42. The molecule has 0 saturated carbocycles. The summed E-state index contributed by atoms with van der Waals surface area (Å²) >= 11 is 0. The number of anilines is 1. The Kier molecular flexibility index (Phi) is 3.16. The molecule has 4 heteroatoms. The van der Waals surface area contributed by atoms with Crippen LogP contribution in [0.25, 0.3) is 0 Å². The molecule has 0 spiro atoms. The highest BCUT2D eigenvalue weighted by atomic mass is 15.4. The van der Waals surface area contributed by atoms with E-state index in [2.05, 4.69) is 77.5 Å². The standard InChI is InChI=1S/C16H22N4/c1-16(2,3)14-11-17-15(18-14)20-10-9-19(12-20)13-7-5-4-6-8-13/h4-10,14H,11-12H2,1-3H3,(H,17,18)/t14-/m1/s1. The van der Waals surface area contributed by atoms with Crippen LogP contribution in [-0.4, -0.2) is 30.1 Å². The lowest BCUT2D eigenvalue weighted by Gasteiger charge is -2.28. The first-order valence-electron chi connectivity index (χ1n) is 7.12. The maximum atomic E-state index is 4.65. The Morgan fingerprint density at radius 3 is 2.45 bits per heavy atom. The number of hydrogen-bond acceptors (Lipinski definition) is 4. The summed E-state index contributed by atoms with van der Waals surface area (Å²) in [7, 11) is 0. The minimum atomic E-state index is 0.230. The first kappa shape index (κ1) is 13.0. The minimum Gasteiger partial charge on any atom is -0.351 e. The van der Waals surface area contributed by atoms with E-state index < -0.39 is 0 Å². The molecule has 2 aliphatic heterocycles. The van der Waals surface area contributed by atoms with Gasteiger partial charge in [-0.3, -0.25) is 9.89 Å². The number of rotatable bonds is 1. The first-order valence-corrected chi connectivity index (χ1v) is 7.12. The lowest BCUT2D eigenvalue weighted by atomic mass is 9.87. The third-order valence-electron chi connectivity index (χ3n) is 3.86. The molecule has 1 N–H and O–H groups in total. The van der Waals surface area contributed by atoms with Crippen molar-refractivity contribution in [2.75, 3.05) is 18.1 Å². The molecule has 20 heavy (non-hydrogen) atoms. The maximum absolute atomic E-state index is 4.65. The summed E-state index contributed by atoms with van der Waals surface area (Å²) in [5.74, 6) is 0.986. The van der Waals surface area contributed by atoms with Crippen molar-refractivity contribution in [2.45, 2.75) is 26.8 Å². The first-order chi connectivity index (χ1) is 9.54. The van der Waals surface area contributed by atoms with E-state index in [1.165, 1.54) is 5.69 Å². The molecule has 0 aromatic heterocycles. The highest BCUT2D eigenvalue weighted by Gasteiger charge is 2.31. The zero-order valence-corrected chi connectivity index (χ0v) is 12.4. The van der Waals surface area contributed by atoms with E-state index in [0.29, 0.717) is 6.04 Å². The number of aliphatic imine (C=N–C) groups is 1. The second-order valence-corrected chi connectivity index (χ2v) is 6.44. The van der Waals surface area contributed by atoms with Crippen LogP contribution < -0.4 is 10.2 Å². The zero-order valence-electron chi connectivity index (χ0n) is 12.4. The average molecular weight is 270 g/mol. The van der Waals surface area contributed by atoms with Gasteiger partial charge >= 0.3 is 0 Å². The monoisotopic (exact) mass is 270 g/mol. The van der Waals surface area contributed by atoms with Crippen LogP contribution in [0, 0.1) is 5.41 Å². The molecule has 1 aromatic rings. The topological polar surface area (TPSA) is 30.9 Å². The van der Waals surface area contributed by atoms with E-state index in [1.807, 2.05) is 6.07 Å². The van der Waals surface area contributed by atoms with Gasteiger partial charge in [-0.2, -0.15) is 0 Å². The molecule has 0 bridgehead atoms. The normalized spacial score (nSPS) is 22.1. The molecule has 0 radical (unpaired) electrons. The van der Waals surface area contributed by atoms with Gasteiger partial charge in [0.2, 0.25) is 0 Å². The summed E-state index contributed by atoms with van der Waals surface area (Å²) in [5.41, 5.74) is 1.44. The highest BCUT2D eigenvalue weighted by Crippen LogP contribution is 2.24. The molecule has 0 aliphatic carbocycles. The van der Waals surface area contributed by atoms with E-state index >= 15 is 0 Å². The molecule has 3 rings (SSSR count). The van der Waals surface area contributed by atoms with Gasteiger partial charge in [0.25, 0.3) is 0 Å². The van der Waals surface area contributed by atoms with Crippen molar-refractivity contribution >= 4 is 11.6 Å². The molecule has 106 valence electrons. The summed E-state index contributed by atoms with van der Waals surface area (Å²) in [6, 6.07) is 10.8. The number of para-hydroxylation sites is 1. The molecule has 2 aliphatic rings. The third-order valence-corrected chi connectivity index (χ3v) is 3.86. The lowest BCUT2D eigenvalue weighted by Crippen LogP contribution is -2.45. The molecule has 2 heterocycles. The highest BCUT2D eigenvalue weighted by molar-refractivity contribution is 5.84. The largest absolute Gasteiger partial charge is 0.351 e. The lowest BCUT2D eigenvalue weighted by molar-refractivity contribution is 0.311. The van der Waals surface area contributed by atoms with Gasteiger partial charge in [-0.05, 0) is 17.5 Å². The molecule has 0 saturated heterocycles. The van der Waals surface area contributed by atoms with Crippen LogP contribution in [0.3, 0.4) is 0 Å². The summed E-state index contributed by atoms with van der Waals surface area (Å²) in [6.07, 6.45) is 4.19. The van der Waals surface area contributed by atoms with Crippen LogP contribution in [-0.2, 0) is 0 Å². The van der Waals surface area contributed by atoms with Gasteiger partial charge in [0, 0.05) is 18.1 Å². The van der Waals surface area contributed by atoms with Gasteiger partial charge in [-0.1, -0.05) is 39.0 Å². The fraction of sp³-hybridized carbons (Fsp3) is 0.438. The third kappa shape index (κ3) is 2.50. The fourth-order valence-electron chi connectivity index (χ4n) is 2.43. The summed E-state index contributed by atoms with van der Waals surface area (Å²) in [5, 5.41) is 3.54. The quantitative estimate of drug-likeness (QED) is 0.851. The van der Waals surface area contributed by atoms with Gasteiger partial charge in [-0.15, -0.1) is 0 Å². The van der Waals surface area contributed by atoms with Crippen LogP contribution >= 0.6 is 0 Å². The molecule has 0 fully saturated rings. The Labute approximate surface area is 120 Å². The Balaban J connectivity index is 1.64. The Hall–Kier alpha value is -1.97. The van der Waals surface area contributed by atoms with E-state index in [1.54, 1.807) is 0 Å². The summed E-state index contributed by atoms with van der Waals surface area (Å²) in [4.78, 5) is 9.03. The van der Waals surface area contributed by atoms with Crippen molar-refractivity contribution in [1.82, 2.24) is 10.2 Å². The fourth-order valence-corrected chi connectivity index (χ4v) is 2.43. The van der Waals surface area contributed by atoms with Crippen LogP contribution in [0.4, 0.5) is 5.69 Å². The van der Waals surface area contributed by atoms with E-state index in [-0.39, 0.29) is 5.41 Å². The number of nitrogens with zero attached hydrogens (tertiary/aromatic N) is 3. The van der Waals surface area contributed by atoms with Crippen molar-refractivity contribution in [1.29, 1.82) is 0 Å². The van der Waals surface area contributed by atoms with Crippen molar-refractivity contribution in [3.63, 3.8) is 0 Å². The van der Waals surface area contributed by atoms with Gasteiger partial charge < -0.3 is 10.2 Å².